The zero-order valence-electron chi connectivity index (χ0n) is 17.9. The van der Waals surface area contributed by atoms with Gasteiger partial charge in [0.25, 0.3) is 0 Å². The summed E-state index contributed by atoms with van der Waals surface area (Å²) in [7, 11) is 1.60. The fourth-order valence-corrected chi connectivity index (χ4v) is 4.98. The molecular formula is C22H28Cl2N2O5S. The van der Waals surface area contributed by atoms with E-state index in [1.54, 1.807) is 36.8 Å². The van der Waals surface area contributed by atoms with Crippen molar-refractivity contribution in [2.75, 3.05) is 38.4 Å². The van der Waals surface area contributed by atoms with E-state index in [9.17, 15) is 4.79 Å². The summed E-state index contributed by atoms with van der Waals surface area (Å²) in [5.41, 5.74) is 1.66. The predicted octanol–water partition coefficient (Wildman–Crippen LogP) is 3.64. The number of aliphatic hydroxyl groups excluding tert-OH is 2. The van der Waals surface area contributed by atoms with Gasteiger partial charge in [0.1, 0.15) is 16.9 Å². The zero-order valence-corrected chi connectivity index (χ0v) is 20.3. The number of nitrogens with one attached hydrogen (secondary N) is 1. The molecule has 1 aliphatic rings. The first-order chi connectivity index (χ1) is 15.0. The Morgan fingerprint density at radius 3 is 2.66 bits per heavy atom. The van der Waals surface area contributed by atoms with Crippen LogP contribution in [0.25, 0.3) is 0 Å². The lowest BCUT2D eigenvalue weighted by atomic mass is 10.1. The van der Waals surface area contributed by atoms with Gasteiger partial charge >= 0.3 is 0 Å². The Morgan fingerprint density at radius 2 is 2.00 bits per heavy atom. The standard InChI is InChI=1S/C22H27ClN2O5S.ClH/c1-14(28)25-19-6-4-15(23)10-21(19)31-22(25)18-11-17(29-2)5-7-20(18)30-9-3-8-24-16(12-26)13-27;/h4-7,10-11,16,22,24,26-27H,3,8-9,12-13H2,1-2H3;1H. The maximum atomic E-state index is 12.5. The van der Waals surface area contributed by atoms with Crippen LogP contribution in [0.4, 0.5) is 5.69 Å². The number of carbonyl (C=O) groups is 1. The van der Waals surface area contributed by atoms with Crippen molar-refractivity contribution in [1.29, 1.82) is 0 Å². The SMILES string of the molecule is COc1ccc(OCCCNC(CO)CO)c(C2Sc3cc(Cl)ccc3N2C(C)=O)c1.Cl. The van der Waals surface area contributed by atoms with Gasteiger partial charge in [-0.1, -0.05) is 23.4 Å². The molecule has 3 N–H and O–H groups in total. The summed E-state index contributed by atoms with van der Waals surface area (Å²) in [5, 5.41) is 21.6. The average Bonchev–Trinajstić information content (AvgIpc) is 3.15. The summed E-state index contributed by atoms with van der Waals surface area (Å²) in [5.74, 6) is 1.27. The fourth-order valence-electron chi connectivity index (χ4n) is 3.34. The number of hydrogen-bond acceptors (Lipinski definition) is 7. The van der Waals surface area contributed by atoms with Crippen LogP contribution in [0, 0.1) is 0 Å². The van der Waals surface area contributed by atoms with E-state index in [4.69, 9.17) is 31.3 Å². The number of methoxy groups -OCH3 is 1. The van der Waals surface area contributed by atoms with Crippen molar-refractivity contribution < 1.29 is 24.5 Å². The summed E-state index contributed by atoms with van der Waals surface area (Å²) in [4.78, 5) is 15.2. The Hall–Kier alpha value is -1.68. The van der Waals surface area contributed by atoms with Gasteiger partial charge < -0.3 is 25.0 Å². The van der Waals surface area contributed by atoms with Gasteiger partial charge in [0.15, 0.2) is 0 Å². The van der Waals surface area contributed by atoms with Crippen molar-refractivity contribution in [2.24, 2.45) is 0 Å². The van der Waals surface area contributed by atoms with Gasteiger partial charge in [0.05, 0.1) is 38.7 Å². The van der Waals surface area contributed by atoms with Gasteiger partial charge in [-0.3, -0.25) is 9.69 Å². The lowest BCUT2D eigenvalue weighted by Gasteiger charge is -2.25. The molecule has 2 aromatic rings. The van der Waals surface area contributed by atoms with Crippen molar-refractivity contribution in [1.82, 2.24) is 5.32 Å². The molecule has 0 saturated heterocycles. The second kappa shape index (κ2) is 12.5. The van der Waals surface area contributed by atoms with E-state index in [0.29, 0.717) is 36.1 Å². The first-order valence-corrected chi connectivity index (χ1v) is 11.3. The zero-order chi connectivity index (χ0) is 22.4. The molecule has 10 heteroatoms. The van der Waals surface area contributed by atoms with E-state index in [1.807, 2.05) is 30.3 Å². The van der Waals surface area contributed by atoms with Crippen molar-refractivity contribution in [3.8, 4) is 11.5 Å². The summed E-state index contributed by atoms with van der Waals surface area (Å²) in [6.07, 6.45) is 0.687. The minimum atomic E-state index is -0.333. The Bertz CT molecular complexity index is 914. The monoisotopic (exact) mass is 502 g/mol. The molecule has 0 aromatic heterocycles. The third-order valence-electron chi connectivity index (χ3n) is 4.93. The highest BCUT2D eigenvalue weighted by molar-refractivity contribution is 8.00. The van der Waals surface area contributed by atoms with Crippen LogP contribution in [-0.4, -0.2) is 55.6 Å². The summed E-state index contributed by atoms with van der Waals surface area (Å²) in [6.45, 7) is 2.34. The lowest BCUT2D eigenvalue weighted by Crippen LogP contribution is -2.36. The third-order valence-corrected chi connectivity index (χ3v) is 6.43. The minimum absolute atomic E-state index is 0. The number of ether oxygens (including phenoxy) is 2. The van der Waals surface area contributed by atoms with Crippen LogP contribution in [0.2, 0.25) is 5.02 Å². The lowest BCUT2D eigenvalue weighted by molar-refractivity contribution is -0.116. The van der Waals surface area contributed by atoms with E-state index >= 15 is 0 Å². The molecule has 0 aliphatic carbocycles. The molecule has 1 unspecified atom stereocenters. The molecule has 2 aromatic carbocycles. The quantitative estimate of drug-likeness (QED) is 0.427. The van der Waals surface area contributed by atoms with E-state index in [-0.39, 0.29) is 42.9 Å². The summed E-state index contributed by atoms with van der Waals surface area (Å²) >= 11 is 7.71. The van der Waals surface area contributed by atoms with E-state index < -0.39 is 0 Å². The number of benzene rings is 2. The second-order valence-electron chi connectivity index (χ2n) is 7.09. The van der Waals surface area contributed by atoms with Gasteiger partial charge in [0.2, 0.25) is 5.91 Å². The fraction of sp³-hybridized carbons (Fsp3) is 0.409. The number of thioether (sulfide) groups is 1. The Kier molecular flexibility index (Phi) is 10.4. The van der Waals surface area contributed by atoms with Crippen molar-refractivity contribution in [3.63, 3.8) is 0 Å². The Labute approximate surface area is 203 Å². The molecule has 0 saturated carbocycles. The molecular weight excluding hydrogens is 475 g/mol. The molecule has 0 spiro atoms. The molecule has 176 valence electrons. The first-order valence-electron chi connectivity index (χ1n) is 10.00. The molecule has 1 aliphatic heterocycles. The van der Waals surface area contributed by atoms with Gasteiger partial charge in [-0.05, 0) is 49.4 Å². The number of amides is 1. The molecule has 0 bridgehead atoms. The first kappa shape index (κ1) is 26.6. The minimum Gasteiger partial charge on any atom is -0.497 e. The maximum Gasteiger partial charge on any atom is 0.225 e. The number of rotatable bonds is 10. The van der Waals surface area contributed by atoms with E-state index in [1.165, 1.54) is 0 Å². The molecule has 1 atom stereocenters. The molecule has 3 rings (SSSR count). The third kappa shape index (κ3) is 6.21. The predicted molar refractivity (Wildman–Crippen MR) is 130 cm³/mol. The van der Waals surface area contributed by atoms with Crippen LogP contribution in [0.1, 0.15) is 24.3 Å². The summed E-state index contributed by atoms with van der Waals surface area (Å²) in [6, 6.07) is 10.7. The average molecular weight is 503 g/mol. The number of carbonyl (C=O) groups excluding carboxylic acids is 1. The van der Waals surface area contributed by atoms with Gasteiger partial charge in [-0.25, -0.2) is 0 Å². The van der Waals surface area contributed by atoms with Crippen LogP contribution in [-0.2, 0) is 4.79 Å². The number of nitrogens with zero attached hydrogens (tertiary/aromatic N) is 1. The van der Waals surface area contributed by atoms with Crippen LogP contribution in [0.5, 0.6) is 11.5 Å². The Morgan fingerprint density at radius 1 is 1.25 bits per heavy atom. The topological polar surface area (TPSA) is 91.3 Å². The number of hydrogen-bond donors (Lipinski definition) is 3. The van der Waals surface area contributed by atoms with Gasteiger partial charge in [-0.2, -0.15) is 0 Å². The Balaban J connectivity index is 0.00000363. The van der Waals surface area contributed by atoms with E-state index in [0.717, 1.165) is 16.1 Å². The molecule has 7 nitrogen and oxygen atoms in total. The van der Waals surface area contributed by atoms with Crippen molar-refractivity contribution in [2.45, 2.75) is 29.7 Å². The number of fused-ring (bicyclic) bond motifs is 1. The summed E-state index contributed by atoms with van der Waals surface area (Å²) < 4.78 is 11.5. The smallest absolute Gasteiger partial charge is 0.225 e. The van der Waals surface area contributed by atoms with E-state index in [2.05, 4.69) is 5.32 Å². The molecule has 0 fully saturated rings. The van der Waals surface area contributed by atoms with Crippen LogP contribution in [0.3, 0.4) is 0 Å². The van der Waals surface area contributed by atoms with Crippen LogP contribution in [0.15, 0.2) is 41.3 Å². The number of halogens is 2. The largest absolute Gasteiger partial charge is 0.497 e. The number of aliphatic hydroxyl groups is 2. The molecule has 0 radical (unpaired) electrons. The normalized spacial score (nSPS) is 14.8. The van der Waals surface area contributed by atoms with Crippen molar-refractivity contribution in [3.05, 3.63) is 47.0 Å². The highest BCUT2D eigenvalue weighted by Crippen LogP contribution is 2.54. The highest BCUT2D eigenvalue weighted by atomic mass is 35.5. The number of anilines is 1. The maximum absolute atomic E-state index is 12.5. The molecule has 1 amide bonds. The van der Waals surface area contributed by atoms with Crippen LogP contribution < -0.4 is 19.7 Å². The van der Waals surface area contributed by atoms with Gasteiger partial charge in [0, 0.05) is 22.4 Å². The molecule has 32 heavy (non-hydrogen) atoms. The second-order valence-corrected chi connectivity index (χ2v) is 8.65. The van der Waals surface area contributed by atoms with Crippen LogP contribution >= 0.6 is 35.8 Å². The highest BCUT2D eigenvalue weighted by Gasteiger charge is 2.36. The van der Waals surface area contributed by atoms with Crippen molar-refractivity contribution >= 4 is 47.4 Å². The van der Waals surface area contributed by atoms with Gasteiger partial charge in [-0.15, -0.1) is 12.4 Å². The molecule has 1 heterocycles.